The van der Waals surface area contributed by atoms with Crippen molar-refractivity contribution in [3.8, 4) is 0 Å². The number of benzene rings is 1. The van der Waals surface area contributed by atoms with Crippen LogP contribution in [0.2, 0.25) is 0 Å². The van der Waals surface area contributed by atoms with Gasteiger partial charge in [0.25, 0.3) is 0 Å². The van der Waals surface area contributed by atoms with E-state index in [0.717, 1.165) is 6.07 Å². The lowest BCUT2D eigenvalue weighted by molar-refractivity contribution is -0.0124. The summed E-state index contributed by atoms with van der Waals surface area (Å²) in [6, 6.07) is 3.36. The molecular formula is C15H23F2NO. The number of halogens is 2. The smallest absolute Gasteiger partial charge is 0.130 e. The summed E-state index contributed by atoms with van der Waals surface area (Å²) in [5, 5.41) is 3.23. The van der Waals surface area contributed by atoms with Gasteiger partial charge in [0, 0.05) is 18.7 Å². The SMILES string of the molecule is CCNC(c1ccc(F)cc1F)C(OC)C(C)(C)C. The summed E-state index contributed by atoms with van der Waals surface area (Å²) >= 11 is 0. The zero-order chi connectivity index (χ0) is 14.6. The Bertz CT molecular complexity index is 415. The van der Waals surface area contributed by atoms with Gasteiger partial charge in [-0.05, 0) is 18.0 Å². The van der Waals surface area contributed by atoms with Crippen molar-refractivity contribution < 1.29 is 13.5 Å². The third-order valence-corrected chi connectivity index (χ3v) is 3.13. The topological polar surface area (TPSA) is 21.3 Å². The first-order valence-corrected chi connectivity index (χ1v) is 6.52. The summed E-state index contributed by atoms with van der Waals surface area (Å²) < 4.78 is 32.5. The molecule has 0 radical (unpaired) electrons. The predicted octanol–water partition coefficient (Wildman–Crippen LogP) is 3.68. The van der Waals surface area contributed by atoms with E-state index in [1.165, 1.54) is 12.1 Å². The Balaban J connectivity index is 3.18. The third kappa shape index (κ3) is 3.98. The molecule has 0 aromatic heterocycles. The van der Waals surface area contributed by atoms with Crippen LogP contribution in [-0.4, -0.2) is 19.8 Å². The Hall–Kier alpha value is -1.00. The van der Waals surface area contributed by atoms with Crippen molar-refractivity contribution in [1.82, 2.24) is 5.32 Å². The van der Waals surface area contributed by atoms with Gasteiger partial charge < -0.3 is 10.1 Å². The first-order valence-electron chi connectivity index (χ1n) is 6.52. The highest BCUT2D eigenvalue weighted by molar-refractivity contribution is 5.24. The van der Waals surface area contributed by atoms with Crippen LogP contribution in [0.1, 0.15) is 39.3 Å². The third-order valence-electron chi connectivity index (χ3n) is 3.13. The number of methoxy groups -OCH3 is 1. The quantitative estimate of drug-likeness (QED) is 0.882. The highest BCUT2D eigenvalue weighted by Gasteiger charge is 2.34. The molecule has 2 unspecified atom stereocenters. The fraction of sp³-hybridized carbons (Fsp3) is 0.600. The van der Waals surface area contributed by atoms with Crippen LogP contribution in [0, 0.1) is 17.0 Å². The molecule has 2 atom stereocenters. The van der Waals surface area contributed by atoms with E-state index >= 15 is 0 Å². The molecule has 0 saturated carbocycles. The van der Waals surface area contributed by atoms with Gasteiger partial charge in [-0.25, -0.2) is 8.78 Å². The molecule has 0 bridgehead atoms. The average Bonchev–Trinajstić information content (AvgIpc) is 2.27. The molecule has 0 aliphatic heterocycles. The second-order valence-electron chi connectivity index (χ2n) is 5.72. The van der Waals surface area contributed by atoms with Gasteiger partial charge in [-0.2, -0.15) is 0 Å². The Kier molecular flexibility index (Phi) is 5.44. The van der Waals surface area contributed by atoms with E-state index in [-0.39, 0.29) is 17.6 Å². The van der Waals surface area contributed by atoms with Crippen molar-refractivity contribution >= 4 is 0 Å². The van der Waals surface area contributed by atoms with Gasteiger partial charge in [-0.3, -0.25) is 0 Å². The molecule has 0 fully saturated rings. The zero-order valence-electron chi connectivity index (χ0n) is 12.3. The van der Waals surface area contributed by atoms with Crippen molar-refractivity contribution in [3.63, 3.8) is 0 Å². The molecule has 0 heterocycles. The van der Waals surface area contributed by atoms with Gasteiger partial charge in [0.15, 0.2) is 0 Å². The number of likely N-dealkylation sites (N-methyl/N-ethyl adjacent to an activating group) is 1. The largest absolute Gasteiger partial charge is 0.379 e. The van der Waals surface area contributed by atoms with Crippen LogP contribution in [0.15, 0.2) is 18.2 Å². The molecule has 108 valence electrons. The number of hydrogen-bond acceptors (Lipinski definition) is 2. The van der Waals surface area contributed by atoms with Crippen molar-refractivity contribution in [1.29, 1.82) is 0 Å². The Morgan fingerprint density at radius 3 is 2.32 bits per heavy atom. The summed E-state index contributed by atoms with van der Waals surface area (Å²) in [4.78, 5) is 0. The number of hydrogen-bond donors (Lipinski definition) is 1. The lowest BCUT2D eigenvalue weighted by Crippen LogP contribution is -2.41. The number of rotatable bonds is 5. The molecule has 0 amide bonds. The van der Waals surface area contributed by atoms with Gasteiger partial charge in [-0.15, -0.1) is 0 Å². The average molecular weight is 271 g/mol. The lowest BCUT2D eigenvalue weighted by atomic mass is 9.81. The first kappa shape index (κ1) is 16.1. The molecule has 0 aliphatic carbocycles. The number of nitrogens with one attached hydrogen (secondary N) is 1. The normalized spacial score (nSPS) is 15.3. The second-order valence-corrected chi connectivity index (χ2v) is 5.72. The van der Waals surface area contributed by atoms with Crippen LogP contribution in [0.25, 0.3) is 0 Å². The molecule has 2 nitrogen and oxygen atoms in total. The van der Waals surface area contributed by atoms with Crippen LogP contribution in [0.5, 0.6) is 0 Å². The highest BCUT2D eigenvalue weighted by atomic mass is 19.1. The predicted molar refractivity (Wildman–Crippen MR) is 73.0 cm³/mol. The van der Waals surface area contributed by atoms with Crippen molar-refractivity contribution in [2.24, 2.45) is 5.41 Å². The lowest BCUT2D eigenvalue weighted by Gasteiger charge is -2.36. The van der Waals surface area contributed by atoms with Gasteiger partial charge in [0.1, 0.15) is 11.6 Å². The van der Waals surface area contributed by atoms with E-state index in [4.69, 9.17) is 4.74 Å². The maximum Gasteiger partial charge on any atom is 0.130 e. The Morgan fingerprint density at radius 2 is 1.89 bits per heavy atom. The van der Waals surface area contributed by atoms with Crippen molar-refractivity contribution in [2.75, 3.05) is 13.7 Å². The first-order chi connectivity index (χ1) is 8.81. The number of ether oxygens (including phenoxy) is 1. The fourth-order valence-electron chi connectivity index (χ4n) is 2.34. The summed E-state index contributed by atoms with van der Waals surface area (Å²) in [5.41, 5.74) is 0.271. The molecular weight excluding hydrogens is 248 g/mol. The molecule has 1 N–H and O–H groups in total. The van der Waals surface area contributed by atoms with E-state index in [0.29, 0.717) is 12.1 Å². The minimum Gasteiger partial charge on any atom is -0.379 e. The van der Waals surface area contributed by atoms with Gasteiger partial charge in [0.05, 0.1) is 12.1 Å². The van der Waals surface area contributed by atoms with E-state index < -0.39 is 11.6 Å². The second kappa shape index (κ2) is 6.44. The Morgan fingerprint density at radius 1 is 1.26 bits per heavy atom. The fourth-order valence-corrected chi connectivity index (χ4v) is 2.34. The van der Waals surface area contributed by atoms with Crippen LogP contribution in [0.3, 0.4) is 0 Å². The standard InChI is InChI=1S/C15H23F2NO/c1-6-18-13(14(19-5)15(2,3)4)11-8-7-10(16)9-12(11)17/h7-9,13-14,18H,6H2,1-5H3. The minimum absolute atomic E-state index is 0.164. The molecule has 1 aromatic carbocycles. The maximum atomic E-state index is 14.0. The molecule has 0 aliphatic rings. The molecule has 4 heteroatoms. The van der Waals surface area contributed by atoms with Gasteiger partial charge in [0.2, 0.25) is 0 Å². The van der Waals surface area contributed by atoms with Crippen LogP contribution >= 0.6 is 0 Å². The summed E-state index contributed by atoms with van der Waals surface area (Å²) in [7, 11) is 1.61. The summed E-state index contributed by atoms with van der Waals surface area (Å²) in [6.07, 6.45) is -0.215. The highest BCUT2D eigenvalue weighted by Crippen LogP contribution is 2.33. The Labute approximate surface area is 114 Å². The molecule has 0 saturated heterocycles. The van der Waals surface area contributed by atoms with Crippen molar-refractivity contribution in [3.05, 3.63) is 35.4 Å². The van der Waals surface area contributed by atoms with E-state index in [1.54, 1.807) is 7.11 Å². The molecule has 1 aromatic rings. The summed E-state index contributed by atoms with van der Waals surface area (Å²) in [6.45, 7) is 8.73. The van der Waals surface area contributed by atoms with Crippen LogP contribution in [0.4, 0.5) is 8.78 Å². The van der Waals surface area contributed by atoms with E-state index in [1.807, 2.05) is 27.7 Å². The van der Waals surface area contributed by atoms with Crippen LogP contribution < -0.4 is 5.32 Å². The van der Waals surface area contributed by atoms with Crippen molar-refractivity contribution in [2.45, 2.75) is 39.8 Å². The molecule has 19 heavy (non-hydrogen) atoms. The summed E-state index contributed by atoms with van der Waals surface area (Å²) in [5.74, 6) is -1.11. The monoisotopic (exact) mass is 271 g/mol. The van der Waals surface area contributed by atoms with Gasteiger partial charge >= 0.3 is 0 Å². The maximum absolute atomic E-state index is 14.0. The van der Waals surface area contributed by atoms with Crippen LogP contribution in [-0.2, 0) is 4.74 Å². The molecule has 0 spiro atoms. The molecule has 1 rings (SSSR count). The van der Waals surface area contributed by atoms with Gasteiger partial charge in [-0.1, -0.05) is 33.8 Å². The van der Waals surface area contributed by atoms with E-state index in [2.05, 4.69) is 5.32 Å². The zero-order valence-corrected chi connectivity index (χ0v) is 12.3. The van der Waals surface area contributed by atoms with E-state index in [9.17, 15) is 8.78 Å². The minimum atomic E-state index is -0.568.